The van der Waals surface area contributed by atoms with Crippen LogP contribution in [0.15, 0.2) is 46.9 Å². The molecule has 0 unspecified atom stereocenters. The van der Waals surface area contributed by atoms with E-state index in [2.05, 4.69) is 117 Å². The van der Waals surface area contributed by atoms with Gasteiger partial charge in [-0.3, -0.25) is 0 Å². The first-order chi connectivity index (χ1) is 19.9. The molecule has 5 rings (SSSR count). The molecule has 3 aliphatic rings. The van der Waals surface area contributed by atoms with Gasteiger partial charge in [0.1, 0.15) is 13.8 Å². The molecule has 1 saturated carbocycles. The van der Waals surface area contributed by atoms with Crippen molar-refractivity contribution in [2.75, 3.05) is 13.2 Å². The molecule has 43 heavy (non-hydrogen) atoms. The number of hydrogen-bond acceptors (Lipinski definition) is 5. The third kappa shape index (κ3) is 5.95. The number of benzene rings is 1. The smallest absolute Gasteiger partial charge is 0.192 e. The van der Waals surface area contributed by atoms with Crippen LogP contribution in [-0.4, -0.2) is 41.5 Å². The molecule has 7 heteroatoms. The summed E-state index contributed by atoms with van der Waals surface area (Å²) in [5, 5.41) is 1.33. The van der Waals surface area contributed by atoms with Crippen LogP contribution in [0.4, 0.5) is 0 Å². The Balaban J connectivity index is 1.53. The van der Waals surface area contributed by atoms with E-state index in [1.165, 1.54) is 22.1 Å². The van der Waals surface area contributed by atoms with Crippen LogP contribution in [0, 0.1) is 16.7 Å². The Bertz CT molecular complexity index is 1310. The Morgan fingerprint density at radius 1 is 0.907 bits per heavy atom. The molecular weight excluding hydrogens is 569 g/mol. The fraction of sp³-hybridized carbons (Fsp3) is 0.667. The molecule has 1 aromatic heterocycles. The van der Waals surface area contributed by atoms with Crippen LogP contribution in [0.25, 0.3) is 5.57 Å². The highest BCUT2D eigenvalue weighted by molar-refractivity contribution is 6.88. The maximum atomic E-state index is 6.96. The molecule has 3 atom stereocenters. The average molecular weight is 625 g/mol. The van der Waals surface area contributed by atoms with Gasteiger partial charge in [0.2, 0.25) is 0 Å². The molecule has 1 aromatic carbocycles. The van der Waals surface area contributed by atoms with Crippen LogP contribution in [-0.2, 0) is 31.9 Å². The topological polar surface area (TPSA) is 50.1 Å². The van der Waals surface area contributed by atoms with Crippen molar-refractivity contribution in [1.29, 1.82) is 0 Å². The van der Waals surface area contributed by atoms with E-state index in [1.54, 1.807) is 0 Å². The van der Waals surface area contributed by atoms with Gasteiger partial charge in [0.25, 0.3) is 0 Å². The van der Waals surface area contributed by atoms with E-state index >= 15 is 0 Å². The number of ether oxygens (including phenoxy) is 3. The van der Waals surface area contributed by atoms with E-state index in [1.807, 2.05) is 0 Å². The zero-order valence-corrected chi connectivity index (χ0v) is 30.7. The van der Waals surface area contributed by atoms with Crippen LogP contribution in [0.3, 0.4) is 0 Å². The Morgan fingerprint density at radius 2 is 1.56 bits per heavy atom. The second-order valence-electron chi connectivity index (χ2n) is 16.5. The maximum Gasteiger partial charge on any atom is 0.192 e. The SMILES string of the molecule is CC1(C)[C@@H]2[C@@H](OCc3ccccc3)CC=C(c3cc(CO[Si](C)(C)C(C)(C)C)c([Si](C)(C)C)o3)[C@@]2(C)CCC12OCCO2. The van der Waals surface area contributed by atoms with Gasteiger partial charge in [-0.2, -0.15) is 0 Å². The Hall–Kier alpha value is -1.49. The highest BCUT2D eigenvalue weighted by Gasteiger charge is 2.66. The lowest BCUT2D eigenvalue weighted by Gasteiger charge is -2.61. The van der Waals surface area contributed by atoms with Crippen LogP contribution < -0.4 is 5.38 Å². The van der Waals surface area contributed by atoms with Crippen molar-refractivity contribution >= 4 is 27.3 Å². The predicted octanol–water partition coefficient (Wildman–Crippen LogP) is 8.90. The lowest BCUT2D eigenvalue weighted by molar-refractivity contribution is -0.292. The zero-order valence-electron chi connectivity index (χ0n) is 28.7. The van der Waals surface area contributed by atoms with Gasteiger partial charge >= 0.3 is 0 Å². The summed E-state index contributed by atoms with van der Waals surface area (Å²) in [7, 11) is -3.68. The lowest BCUT2D eigenvalue weighted by Crippen LogP contribution is -2.63. The summed E-state index contributed by atoms with van der Waals surface area (Å²) >= 11 is 0. The summed E-state index contributed by atoms with van der Waals surface area (Å²) in [5.41, 5.74) is 3.33. The lowest BCUT2D eigenvalue weighted by atomic mass is 9.48. The third-order valence-corrected chi connectivity index (χ3v) is 17.4. The van der Waals surface area contributed by atoms with Crippen molar-refractivity contribution < 1.29 is 23.1 Å². The normalized spacial score (nSPS) is 27.3. The number of hydrogen-bond donors (Lipinski definition) is 0. The minimum atomic E-state index is -1.91. The molecular formula is C36H56O5Si2. The van der Waals surface area contributed by atoms with E-state index in [9.17, 15) is 0 Å². The molecule has 1 saturated heterocycles. The molecule has 0 bridgehead atoms. The second-order valence-corrected chi connectivity index (χ2v) is 26.3. The molecule has 0 N–H and O–H groups in total. The minimum absolute atomic E-state index is 0.0433. The summed E-state index contributed by atoms with van der Waals surface area (Å²) in [6, 6.07) is 12.8. The van der Waals surface area contributed by atoms with E-state index in [0.717, 1.165) is 25.0 Å². The van der Waals surface area contributed by atoms with Crippen molar-refractivity contribution in [3.05, 3.63) is 59.4 Å². The molecule has 238 valence electrons. The van der Waals surface area contributed by atoms with E-state index in [4.69, 9.17) is 23.1 Å². The quantitative estimate of drug-likeness (QED) is 0.275. The molecule has 1 aliphatic heterocycles. The summed E-state index contributed by atoms with van der Waals surface area (Å²) in [5.74, 6) is 0.617. The van der Waals surface area contributed by atoms with Gasteiger partial charge in [0.15, 0.2) is 14.1 Å². The van der Waals surface area contributed by atoms with Crippen LogP contribution in [0.2, 0.25) is 37.8 Å². The van der Waals surface area contributed by atoms with E-state index < -0.39 is 22.2 Å². The van der Waals surface area contributed by atoms with E-state index in [-0.39, 0.29) is 27.9 Å². The standard InChI is InChI=1S/C36H56O5Si2/c1-33(2,3)43(10,11)40-25-27-23-30(41-32(27)42(7,8)9)28-17-18-29(37-24-26-15-13-12-14-16-26)31-34(4,5)36(38-21-22-39-36)20-19-35(28,31)6/h12-17,23,29,31H,18-22,24-25H2,1-11H3/t29-,31-,35+/m0/s1. The first-order valence-electron chi connectivity index (χ1n) is 16.3. The maximum absolute atomic E-state index is 6.96. The number of fused-ring (bicyclic) bond motifs is 1. The third-order valence-electron chi connectivity index (χ3n) is 11.2. The van der Waals surface area contributed by atoms with Gasteiger partial charge < -0.3 is 23.1 Å². The van der Waals surface area contributed by atoms with Crippen molar-refractivity contribution in [2.24, 2.45) is 16.7 Å². The van der Waals surface area contributed by atoms with E-state index in [0.29, 0.717) is 26.4 Å². The van der Waals surface area contributed by atoms with Crippen LogP contribution in [0.1, 0.15) is 77.7 Å². The van der Waals surface area contributed by atoms with Gasteiger partial charge in [-0.05, 0) is 48.2 Å². The van der Waals surface area contributed by atoms with Gasteiger partial charge in [0.05, 0.1) is 37.9 Å². The molecule has 2 fully saturated rings. The highest BCUT2D eigenvalue weighted by atomic mass is 28.4. The van der Waals surface area contributed by atoms with Crippen LogP contribution in [0.5, 0.6) is 0 Å². The molecule has 0 amide bonds. The van der Waals surface area contributed by atoms with Gasteiger partial charge in [-0.15, -0.1) is 0 Å². The largest absolute Gasteiger partial charge is 0.466 e. The molecule has 2 aliphatic carbocycles. The molecule has 5 nitrogen and oxygen atoms in total. The average Bonchev–Trinajstić information content (AvgIpc) is 3.57. The first-order valence-corrected chi connectivity index (χ1v) is 22.7. The minimum Gasteiger partial charge on any atom is -0.466 e. The predicted molar refractivity (Wildman–Crippen MR) is 181 cm³/mol. The fourth-order valence-electron chi connectivity index (χ4n) is 7.79. The zero-order chi connectivity index (χ0) is 31.5. The molecule has 2 heterocycles. The number of rotatable bonds is 8. The monoisotopic (exact) mass is 624 g/mol. The Kier molecular flexibility index (Phi) is 8.72. The molecule has 2 aromatic rings. The second kappa shape index (κ2) is 11.4. The summed E-state index contributed by atoms with van der Waals surface area (Å²) in [6.45, 7) is 28.4. The fourth-order valence-corrected chi connectivity index (χ4v) is 10.3. The Labute approximate surface area is 262 Å². The number of furan rings is 1. The van der Waals surface area contributed by atoms with Gasteiger partial charge in [-0.25, -0.2) is 0 Å². The van der Waals surface area contributed by atoms with Crippen LogP contribution >= 0.6 is 0 Å². The summed E-state index contributed by atoms with van der Waals surface area (Å²) in [6.07, 6.45) is 5.11. The van der Waals surface area contributed by atoms with Crippen molar-refractivity contribution in [1.82, 2.24) is 0 Å². The molecule has 0 radical (unpaired) electrons. The Morgan fingerprint density at radius 3 is 2.16 bits per heavy atom. The summed E-state index contributed by atoms with van der Waals surface area (Å²) in [4.78, 5) is 0. The first kappa shape index (κ1) is 32.9. The van der Waals surface area contributed by atoms with Gasteiger partial charge in [-0.1, -0.05) is 97.6 Å². The van der Waals surface area contributed by atoms with Crippen molar-refractivity contribution in [2.45, 2.75) is 124 Å². The van der Waals surface area contributed by atoms with Crippen molar-refractivity contribution in [3.8, 4) is 0 Å². The summed E-state index contributed by atoms with van der Waals surface area (Å²) < 4.78 is 33.5. The number of allylic oxidation sites excluding steroid dienone is 1. The molecule has 1 spiro atoms. The highest BCUT2D eigenvalue weighted by Crippen LogP contribution is 2.65. The van der Waals surface area contributed by atoms with Crippen molar-refractivity contribution in [3.63, 3.8) is 0 Å². The van der Waals surface area contributed by atoms with Gasteiger partial charge in [0, 0.05) is 28.7 Å².